The second kappa shape index (κ2) is 8.91. The van der Waals surface area contributed by atoms with Gasteiger partial charge in [0.1, 0.15) is 0 Å². The second-order valence-electron chi connectivity index (χ2n) is 7.49. The summed E-state index contributed by atoms with van der Waals surface area (Å²) in [7, 11) is -5.23. The van der Waals surface area contributed by atoms with Crippen LogP contribution in [0.4, 0.5) is 13.2 Å². The Balaban J connectivity index is 1.49. The fraction of sp³-hybridized carbons (Fsp3) is 0.632. The van der Waals surface area contributed by atoms with Crippen LogP contribution in [0.15, 0.2) is 29.3 Å². The Morgan fingerprint density at radius 3 is 2.52 bits per heavy atom. The predicted octanol–water partition coefficient (Wildman–Crippen LogP) is 2.44. The zero-order chi connectivity index (χ0) is 21.1. The molecule has 29 heavy (non-hydrogen) atoms. The normalized spacial score (nSPS) is 21.4. The topological polar surface area (TPSA) is 73.8 Å². The fourth-order valence-corrected chi connectivity index (χ4v) is 4.79. The van der Waals surface area contributed by atoms with Gasteiger partial charge in [-0.15, -0.1) is 0 Å². The minimum atomic E-state index is -5.24. The van der Waals surface area contributed by atoms with Crippen LogP contribution < -0.4 is 10.6 Å². The predicted molar refractivity (Wildman–Crippen MR) is 106 cm³/mol. The fourth-order valence-electron chi connectivity index (χ4n) is 3.81. The number of rotatable bonds is 6. The molecule has 1 aromatic rings. The van der Waals surface area contributed by atoms with Gasteiger partial charge < -0.3 is 10.6 Å². The summed E-state index contributed by atoms with van der Waals surface area (Å²) in [6.45, 7) is 3.66. The number of benzene rings is 1. The number of fused-ring (bicyclic) bond motifs is 1. The molecule has 2 aliphatic rings. The lowest BCUT2D eigenvalue weighted by Gasteiger charge is -2.31. The third-order valence-electron chi connectivity index (χ3n) is 5.53. The van der Waals surface area contributed by atoms with E-state index in [1.807, 2.05) is 19.1 Å². The summed E-state index contributed by atoms with van der Waals surface area (Å²) in [6, 6.07) is 8.35. The van der Waals surface area contributed by atoms with Crippen molar-refractivity contribution in [1.29, 1.82) is 0 Å². The number of hydrogen-bond donors (Lipinski definition) is 2. The van der Waals surface area contributed by atoms with Crippen molar-refractivity contribution < 1.29 is 21.6 Å². The first kappa shape index (κ1) is 21.9. The Morgan fingerprint density at radius 1 is 1.21 bits per heavy atom. The van der Waals surface area contributed by atoms with Crippen LogP contribution in [0.2, 0.25) is 0 Å². The number of aliphatic imine (C=N–C) groups is 1. The van der Waals surface area contributed by atoms with Crippen LogP contribution in [0.25, 0.3) is 0 Å². The van der Waals surface area contributed by atoms with E-state index in [1.54, 1.807) is 0 Å². The molecule has 1 saturated heterocycles. The summed E-state index contributed by atoms with van der Waals surface area (Å²) < 4.78 is 61.5. The Kier molecular flexibility index (Phi) is 6.72. The molecule has 1 atom stereocenters. The minimum absolute atomic E-state index is 0.0644. The number of alkyl halides is 3. The maximum absolute atomic E-state index is 12.7. The number of sulfonamides is 1. The van der Waals surface area contributed by atoms with E-state index in [2.05, 4.69) is 27.8 Å². The molecule has 0 amide bonds. The van der Waals surface area contributed by atoms with Crippen molar-refractivity contribution in [3.8, 4) is 0 Å². The number of nitrogens with one attached hydrogen (secondary N) is 2. The smallest absolute Gasteiger partial charge is 0.357 e. The quantitative estimate of drug-likeness (QED) is 0.535. The van der Waals surface area contributed by atoms with Crippen LogP contribution in [-0.4, -0.2) is 56.9 Å². The standard InChI is InChI=1S/C19H27F3N4O2S/c1-2-23-18(25-13-16-11-15-5-3-4-6-17(15)16)24-12-14-7-9-26(10-8-14)29(27,28)19(20,21)22/h3-6,14,16H,2,7-13H2,1H3,(H2,23,24,25). The van der Waals surface area contributed by atoms with Gasteiger partial charge in [-0.1, -0.05) is 24.3 Å². The van der Waals surface area contributed by atoms with Crippen LogP contribution in [0.5, 0.6) is 0 Å². The van der Waals surface area contributed by atoms with Crippen molar-refractivity contribution in [3.63, 3.8) is 0 Å². The molecule has 0 saturated carbocycles. The SMILES string of the molecule is CCNC(=NCC1CCN(S(=O)(=O)C(F)(F)F)CC1)NCC1Cc2ccccc21. The van der Waals surface area contributed by atoms with Gasteiger partial charge in [0.2, 0.25) is 0 Å². The Hall–Kier alpha value is -1.81. The van der Waals surface area contributed by atoms with Crippen molar-refractivity contribution in [2.75, 3.05) is 32.7 Å². The zero-order valence-electron chi connectivity index (χ0n) is 16.4. The van der Waals surface area contributed by atoms with E-state index in [0.29, 0.717) is 42.1 Å². The molecular weight excluding hydrogens is 405 g/mol. The van der Waals surface area contributed by atoms with E-state index in [1.165, 1.54) is 11.1 Å². The van der Waals surface area contributed by atoms with E-state index in [4.69, 9.17) is 0 Å². The third kappa shape index (κ3) is 5.03. The summed E-state index contributed by atoms with van der Waals surface area (Å²) in [4.78, 5) is 4.56. The third-order valence-corrected chi connectivity index (χ3v) is 7.16. The van der Waals surface area contributed by atoms with E-state index in [9.17, 15) is 21.6 Å². The summed E-state index contributed by atoms with van der Waals surface area (Å²) >= 11 is 0. The van der Waals surface area contributed by atoms with Crippen molar-refractivity contribution in [1.82, 2.24) is 14.9 Å². The average Bonchev–Trinajstić information content (AvgIpc) is 2.66. The Morgan fingerprint density at radius 2 is 1.90 bits per heavy atom. The molecule has 10 heteroatoms. The highest BCUT2D eigenvalue weighted by Gasteiger charge is 2.50. The van der Waals surface area contributed by atoms with E-state index in [-0.39, 0.29) is 19.0 Å². The molecule has 1 aliphatic heterocycles. The first-order valence-electron chi connectivity index (χ1n) is 9.88. The van der Waals surface area contributed by atoms with Crippen molar-refractivity contribution >= 4 is 16.0 Å². The molecule has 1 fully saturated rings. The maximum atomic E-state index is 12.7. The number of nitrogens with zero attached hydrogens (tertiary/aromatic N) is 2. The summed E-state index contributed by atoms with van der Waals surface area (Å²) in [5.41, 5.74) is -2.50. The highest BCUT2D eigenvalue weighted by Crippen LogP contribution is 2.34. The zero-order valence-corrected chi connectivity index (χ0v) is 17.2. The summed E-state index contributed by atoms with van der Waals surface area (Å²) in [6.07, 6.45) is 1.77. The average molecular weight is 433 g/mol. The van der Waals surface area contributed by atoms with Gasteiger partial charge in [0.25, 0.3) is 0 Å². The lowest BCUT2D eigenvalue weighted by Crippen LogP contribution is -2.45. The molecule has 1 aromatic carbocycles. The van der Waals surface area contributed by atoms with Gasteiger partial charge in [0.15, 0.2) is 5.96 Å². The molecular formula is C19H27F3N4O2S. The number of piperidine rings is 1. The van der Waals surface area contributed by atoms with Gasteiger partial charge in [0.05, 0.1) is 0 Å². The van der Waals surface area contributed by atoms with Gasteiger partial charge >= 0.3 is 15.5 Å². The van der Waals surface area contributed by atoms with Gasteiger partial charge in [0, 0.05) is 38.6 Å². The van der Waals surface area contributed by atoms with Crippen LogP contribution in [0.3, 0.4) is 0 Å². The van der Waals surface area contributed by atoms with Crippen LogP contribution in [0.1, 0.15) is 36.8 Å². The van der Waals surface area contributed by atoms with Gasteiger partial charge in [-0.3, -0.25) is 4.99 Å². The van der Waals surface area contributed by atoms with E-state index < -0.39 is 15.5 Å². The first-order valence-corrected chi connectivity index (χ1v) is 11.3. The summed E-state index contributed by atoms with van der Waals surface area (Å²) in [5.74, 6) is 1.20. The highest BCUT2D eigenvalue weighted by molar-refractivity contribution is 7.90. The molecule has 0 bridgehead atoms. The molecule has 6 nitrogen and oxygen atoms in total. The van der Waals surface area contributed by atoms with Crippen LogP contribution in [-0.2, 0) is 16.4 Å². The maximum Gasteiger partial charge on any atom is 0.511 e. The minimum Gasteiger partial charge on any atom is -0.357 e. The first-order chi connectivity index (χ1) is 13.7. The molecule has 0 aromatic heterocycles. The Labute approximate surface area is 169 Å². The monoisotopic (exact) mass is 432 g/mol. The number of guanidine groups is 1. The lowest BCUT2D eigenvalue weighted by atomic mass is 9.78. The second-order valence-corrected chi connectivity index (χ2v) is 9.42. The molecule has 1 heterocycles. The lowest BCUT2D eigenvalue weighted by molar-refractivity contribution is -0.0496. The van der Waals surface area contributed by atoms with E-state index >= 15 is 0 Å². The van der Waals surface area contributed by atoms with Gasteiger partial charge in [-0.05, 0) is 43.2 Å². The molecule has 1 aliphatic carbocycles. The Bertz CT molecular complexity index is 834. The molecule has 1 unspecified atom stereocenters. The highest BCUT2D eigenvalue weighted by atomic mass is 32.2. The van der Waals surface area contributed by atoms with Crippen LogP contribution >= 0.6 is 0 Å². The van der Waals surface area contributed by atoms with Crippen molar-refractivity contribution in [2.45, 2.75) is 37.6 Å². The van der Waals surface area contributed by atoms with Crippen molar-refractivity contribution in [2.24, 2.45) is 10.9 Å². The molecule has 3 rings (SSSR count). The van der Waals surface area contributed by atoms with E-state index in [0.717, 1.165) is 13.0 Å². The number of hydrogen-bond acceptors (Lipinski definition) is 3. The van der Waals surface area contributed by atoms with Crippen LogP contribution in [0, 0.1) is 5.92 Å². The number of halogens is 3. The molecule has 162 valence electrons. The van der Waals surface area contributed by atoms with Gasteiger partial charge in [-0.25, -0.2) is 8.42 Å². The largest absolute Gasteiger partial charge is 0.511 e. The summed E-state index contributed by atoms with van der Waals surface area (Å²) in [5, 5.41) is 6.53. The molecule has 2 N–H and O–H groups in total. The molecule has 0 spiro atoms. The molecule has 0 radical (unpaired) electrons. The van der Waals surface area contributed by atoms with Crippen molar-refractivity contribution in [3.05, 3.63) is 35.4 Å². The van der Waals surface area contributed by atoms with Gasteiger partial charge in [-0.2, -0.15) is 17.5 Å².